The van der Waals surface area contributed by atoms with Gasteiger partial charge in [-0.25, -0.2) is 0 Å². The maximum atomic E-state index is 5.47. The summed E-state index contributed by atoms with van der Waals surface area (Å²) >= 11 is 0. The van der Waals surface area contributed by atoms with E-state index in [1.165, 1.54) is 0 Å². The Labute approximate surface area is 168 Å². The molecule has 144 valence electrons. The van der Waals surface area contributed by atoms with Crippen LogP contribution < -0.4 is 10.6 Å². The summed E-state index contributed by atoms with van der Waals surface area (Å²) in [5, 5.41) is 6.72. The van der Waals surface area contributed by atoms with Gasteiger partial charge in [0.25, 0.3) is 0 Å². The first kappa shape index (κ1) is 22.2. The van der Waals surface area contributed by atoms with Crippen LogP contribution in [0.3, 0.4) is 0 Å². The van der Waals surface area contributed by atoms with E-state index >= 15 is 0 Å². The molecule has 25 heavy (non-hydrogen) atoms. The van der Waals surface area contributed by atoms with Gasteiger partial charge < -0.3 is 19.8 Å². The Morgan fingerprint density at radius 1 is 1.28 bits per heavy atom. The van der Waals surface area contributed by atoms with Crippen LogP contribution in [0.1, 0.15) is 26.5 Å². The van der Waals surface area contributed by atoms with Crippen molar-refractivity contribution in [1.82, 2.24) is 15.5 Å². The first-order valence-corrected chi connectivity index (χ1v) is 9.07. The molecule has 1 aliphatic rings. The lowest BCUT2D eigenvalue weighted by atomic mass is 10.0. The summed E-state index contributed by atoms with van der Waals surface area (Å²) in [4.78, 5) is 7.31. The van der Waals surface area contributed by atoms with Gasteiger partial charge in [-0.15, -0.1) is 24.0 Å². The molecule has 0 aromatic carbocycles. The zero-order valence-electron chi connectivity index (χ0n) is 15.7. The number of nitrogens with zero attached hydrogens (tertiary/aromatic N) is 2. The van der Waals surface area contributed by atoms with Crippen LogP contribution in [0.25, 0.3) is 0 Å². The number of nitrogens with one attached hydrogen (secondary N) is 2. The van der Waals surface area contributed by atoms with Crippen LogP contribution in [-0.2, 0) is 11.2 Å². The molecule has 0 spiro atoms. The van der Waals surface area contributed by atoms with Crippen molar-refractivity contribution >= 4 is 29.9 Å². The number of halogens is 1. The maximum Gasteiger partial charge on any atom is 0.191 e. The van der Waals surface area contributed by atoms with Crippen LogP contribution in [-0.4, -0.2) is 62.8 Å². The SMILES string of the molecule is CCNC(=NCC(C(C)C)N1CCOCC1)NCCc1ccco1.I. The molecule has 2 N–H and O–H groups in total. The second kappa shape index (κ2) is 12.5. The van der Waals surface area contributed by atoms with Crippen molar-refractivity contribution in [3.05, 3.63) is 24.2 Å². The average Bonchev–Trinajstić information content (AvgIpc) is 3.09. The van der Waals surface area contributed by atoms with Crippen molar-refractivity contribution < 1.29 is 9.15 Å². The number of furan rings is 1. The number of aliphatic imine (C=N–C) groups is 1. The molecule has 1 aromatic heterocycles. The van der Waals surface area contributed by atoms with Crippen LogP contribution in [0, 0.1) is 5.92 Å². The molecule has 0 amide bonds. The quantitative estimate of drug-likeness (QED) is 0.352. The fourth-order valence-electron chi connectivity index (χ4n) is 2.94. The molecule has 0 aliphatic carbocycles. The highest BCUT2D eigenvalue weighted by Gasteiger charge is 2.23. The summed E-state index contributed by atoms with van der Waals surface area (Å²) in [5.41, 5.74) is 0. The van der Waals surface area contributed by atoms with Crippen LogP contribution in [0.4, 0.5) is 0 Å². The highest BCUT2D eigenvalue weighted by atomic mass is 127. The number of hydrogen-bond donors (Lipinski definition) is 2. The van der Waals surface area contributed by atoms with Gasteiger partial charge in [-0.2, -0.15) is 0 Å². The minimum atomic E-state index is 0. The Kier molecular flexibility index (Phi) is 11.2. The summed E-state index contributed by atoms with van der Waals surface area (Å²) < 4.78 is 10.8. The summed E-state index contributed by atoms with van der Waals surface area (Å²) in [7, 11) is 0. The smallest absolute Gasteiger partial charge is 0.191 e. The minimum Gasteiger partial charge on any atom is -0.469 e. The van der Waals surface area contributed by atoms with E-state index in [9.17, 15) is 0 Å². The van der Waals surface area contributed by atoms with E-state index in [-0.39, 0.29) is 24.0 Å². The van der Waals surface area contributed by atoms with Crippen LogP contribution in [0.5, 0.6) is 0 Å². The molecule has 6 nitrogen and oxygen atoms in total. The van der Waals surface area contributed by atoms with Gasteiger partial charge in [0, 0.05) is 38.6 Å². The van der Waals surface area contributed by atoms with Crippen molar-refractivity contribution in [1.29, 1.82) is 0 Å². The number of hydrogen-bond acceptors (Lipinski definition) is 4. The molecule has 0 bridgehead atoms. The van der Waals surface area contributed by atoms with E-state index in [2.05, 4.69) is 36.3 Å². The lowest BCUT2D eigenvalue weighted by Crippen LogP contribution is -2.48. The summed E-state index contributed by atoms with van der Waals surface area (Å²) in [6.45, 7) is 12.8. The Balaban J connectivity index is 0.00000312. The molecule has 1 fully saturated rings. The third-order valence-electron chi connectivity index (χ3n) is 4.31. The predicted octanol–water partition coefficient (Wildman–Crippen LogP) is 2.35. The van der Waals surface area contributed by atoms with Gasteiger partial charge in [-0.3, -0.25) is 9.89 Å². The summed E-state index contributed by atoms with van der Waals surface area (Å²) in [6.07, 6.45) is 2.57. The topological polar surface area (TPSA) is 62.0 Å². The Hall–Kier alpha value is -0.800. The zero-order chi connectivity index (χ0) is 17.2. The van der Waals surface area contributed by atoms with Crippen molar-refractivity contribution in [2.45, 2.75) is 33.2 Å². The van der Waals surface area contributed by atoms with Gasteiger partial charge in [0.15, 0.2) is 5.96 Å². The standard InChI is InChI=1S/C18H32N4O2.HI/c1-4-19-18(20-8-7-16-6-5-11-24-16)21-14-17(15(2)3)22-9-12-23-13-10-22;/h5-6,11,15,17H,4,7-10,12-14H2,1-3H3,(H2,19,20,21);1H. The second-order valence-electron chi connectivity index (χ2n) is 6.44. The Morgan fingerprint density at radius 3 is 2.64 bits per heavy atom. The second-order valence-corrected chi connectivity index (χ2v) is 6.44. The molecule has 1 aromatic rings. The van der Waals surface area contributed by atoms with Crippen LogP contribution in [0.2, 0.25) is 0 Å². The summed E-state index contributed by atoms with van der Waals surface area (Å²) in [5.74, 6) is 2.44. The van der Waals surface area contributed by atoms with E-state index in [0.29, 0.717) is 12.0 Å². The molecule has 1 aliphatic heterocycles. The number of rotatable bonds is 8. The fourth-order valence-corrected chi connectivity index (χ4v) is 2.94. The highest BCUT2D eigenvalue weighted by Crippen LogP contribution is 2.13. The average molecular weight is 464 g/mol. The molecule has 2 heterocycles. The van der Waals surface area contributed by atoms with Gasteiger partial charge in [0.05, 0.1) is 26.0 Å². The lowest BCUT2D eigenvalue weighted by Gasteiger charge is -2.36. The first-order chi connectivity index (χ1) is 11.7. The maximum absolute atomic E-state index is 5.47. The van der Waals surface area contributed by atoms with Crippen molar-refractivity contribution in [2.24, 2.45) is 10.9 Å². The molecule has 1 unspecified atom stereocenters. The largest absolute Gasteiger partial charge is 0.469 e. The zero-order valence-corrected chi connectivity index (χ0v) is 18.0. The molecular weight excluding hydrogens is 431 g/mol. The molecule has 0 radical (unpaired) electrons. The normalized spacial score (nSPS) is 17.2. The number of guanidine groups is 1. The van der Waals surface area contributed by atoms with Gasteiger partial charge in [0.1, 0.15) is 5.76 Å². The summed E-state index contributed by atoms with van der Waals surface area (Å²) in [6, 6.07) is 4.37. The van der Waals surface area contributed by atoms with Crippen molar-refractivity contribution in [2.75, 3.05) is 45.9 Å². The van der Waals surface area contributed by atoms with Crippen LogP contribution >= 0.6 is 24.0 Å². The third-order valence-corrected chi connectivity index (χ3v) is 4.31. The molecule has 1 saturated heterocycles. The van der Waals surface area contributed by atoms with E-state index in [4.69, 9.17) is 14.1 Å². The van der Waals surface area contributed by atoms with E-state index in [0.717, 1.165) is 64.1 Å². The van der Waals surface area contributed by atoms with E-state index in [1.807, 2.05) is 12.1 Å². The van der Waals surface area contributed by atoms with E-state index < -0.39 is 0 Å². The van der Waals surface area contributed by atoms with E-state index in [1.54, 1.807) is 6.26 Å². The molecule has 1 atom stereocenters. The monoisotopic (exact) mass is 464 g/mol. The third kappa shape index (κ3) is 7.96. The van der Waals surface area contributed by atoms with Crippen molar-refractivity contribution in [3.8, 4) is 0 Å². The Morgan fingerprint density at radius 2 is 2.04 bits per heavy atom. The molecule has 0 saturated carbocycles. The van der Waals surface area contributed by atoms with Crippen LogP contribution in [0.15, 0.2) is 27.8 Å². The molecule has 2 rings (SSSR count). The fraction of sp³-hybridized carbons (Fsp3) is 0.722. The first-order valence-electron chi connectivity index (χ1n) is 9.07. The van der Waals surface area contributed by atoms with Crippen molar-refractivity contribution in [3.63, 3.8) is 0 Å². The van der Waals surface area contributed by atoms with Gasteiger partial charge in [-0.05, 0) is 25.0 Å². The molecule has 7 heteroatoms. The van der Waals surface area contributed by atoms with Gasteiger partial charge >= 0.3 is 0 Å². The Bertz CT molecular complexity index is 473. The number of morpholine rings is 1. The number of ether oxygens (including phenoxy) is 1. The van der Waals surface area contributed by atoms with Gasteiger partial charge in [0.2, 0.25) is 0 Å². The highest BCUT2D eigenvalue weighted by molar-refractivity contribution is 14.0. The lowest BCUT2D eigenvalue weighted by molar-refractivity contribution is 0.00867. The predicted molar refractivity (Wildman–Crippen MR) is 113 cm³/mol. The minimum absolute atomic E-state index is 0. The van der Waals surface area contributed by atoms with Gasteiger partial charge in [-0.1, -0.05) is 13.8 Å². The molecular formula is C18H33IN4O2.